The zero-order chi connectivity index (χ0) is 12.1. The van der Waals surface area contributed by atoms with Gasteiger partial charge in [0, 0.05) is 12.3 Å². The molecule has 0 saturated carbocycles. The average Bonchev–Trinajstić information content (AvgIpc) is 2.47. The minimum atomic E-state index is -0.288. The normalized spacial score (nSPS) is 10.5. The maximum Gasteiger partial charge on any atom is 0.327 e. The summed E-state index contributed by atoms with van der Waals surface area (Å²) in [5, 5.41) is 13.2. The lowest BCUT2D eigenvalue weighted by Gasteiger charge is -2.04. The van der Waals surface area contributed by atoms with Crippen LogP contribution in [0.5, 0.6) is 0 Å². The Bertz CT molecular complexity index is 372. The number of aromatic nitrogens is 2. The van der Waals surface area contributed by atoms with Crippen LogP contribution in [0.4, 0.5) is 0 Å². The van der Waals surface area contributed by atoms with Crippen LogP contribution in [0.2, 0.25) is 0 Å². The zero-order valence-electron chi connectivity index (χ0n) is 9.99. The molecule has 1 rings (SSSR count). The smallest absolute Gasteiger partial charge is 0.327 e. The fraction of sp³-hybridized carbons (Fsp3) is 0.636. The van der Waals surface area contributed by atoms with E-state index in [0.717, 1.165) is 17.0 Å². The highest BCUT2D eigenvalue weighted by atomic mass is 16.5. The summed E-state index contributed by atoms with van der Waals surface area (Å²) in [5.41, 5.74) is 2.78. The van der Waals surface area contributed by atoms with Crippen molar-refractivity contribution in [1.29, 1.82) is 0 Å². The topological polar surface area (TPSA) is 64.4 Å². The molecule has 1 aromatic rings. The van der Waals surface area contributed by atoms with E-state index < -0.39 is 0 Å². The van der Waals surface area contributed by atoms with Gasteiger partial charge in [-0.05, 0) is 32.8 Å². The first kappa shape index (κ1) is 12.7. The van der Waals surface area contributed by atoms with Crippen molar-refractivity contribution in [3.8, 4) is 0 Å². The van der Waals surface area contributed by atoms with Crippen molar-refractivity contribution in [3.05, 3.63) is 17.0 Å². The summed E-state index contributed by atoms with van der Waals surface area (Å²) < 4.78 is 6.48. The molecule has 0 aliphatic heterocycles. The Kier molecular flexibility index (Phi) is 4.49. The molecule has 1 N–H and O–H groups in total. The van der Waals surface area contributed by atoms with Crippen molar-refractivity contribution < 1.29 is 14.6 Å². The molecule has 0 bridgehead atoms. The minimum Gasteiger partial charge on any atom is -0.465 e. The number of hydrogen-bond donors (Lipinski definition) is 1. The van der Waals surface area contributed by atoms with Crippen molar-refractivity contribution in [3.63, 3.8) is 0 Å². The van der Waals surface area contributed by atoms with E-state index in [2.05, 4.69) is 5.10 Å². The second kappa shape index (κ2) is 5.65. The summed E-state index contributed by atoms with van der Waals surface area (Å²) in [7, 11) is 0. The van der Waals surface area contributed by atoms with Gasteiger partial charge in [-0.2, -0.15) is 5.10 Å². The molecule has 0 unspecified atom stereocenters. The predicted octanol–water partition coefficient (Wildman–Crippen LogP) is 0.598. The van der Waals surface area contributed by atoms with Crippen LogP contribution in [-0.4, -0.2) is 34.1 Å². The summed E-state index contributed by atoms with van der Waals surface area (Å²) in [5.74, 6) is -0.288. The number of aliphatic hydroxyl groups excluding tert-OH is 1. The van der Waals surface area contributed by atoms with Crippen LogP contribution in [0, 0.1) is 13.8 Å². The third kappa shape index (κ3) is 2.82. The van der Waals surface area contributed by atoms with Crippen molar-refractivity contribution >= 4 is 5.97 Å². The van der Waals surface area contributed by atoms with Gasteiger partial charge in [-0.1, -0.05) is 0 Å². The third-order valence-corrected chi connectivity index (χ3v) is 2.48. The van der Waals surface area contributed by atoms with Crippen molar-refractivity contribution in [2.45, 2.75) is 33.7 Å². The predicted molar refractivity (Wildman–Crippen MR) is 59.1 cm³/mol. The number of esters is 1. The zero-order valence-corrected chi connectivity index (χ0v) is 9.99. The Balaban J connectivity index is 2.81. The molecular formula is C11H18N2O3. The number of ether oxygens (including phenoxy) is 1. The molecule has 0 amide bonds. The fourth-order valence-electron chi connectivity index (χ4n) is 1.69. The van der Waals surface area contributed by atoms with E-state index in [1.54, 1.807) is 11.6 Å². The van der Waals surface area contributed by atoms with Gasteiger partial charge in [0.15, 0.2) is 0 Å². The first-order valence-electron chi connectivity index (χ1n) is 5.39. The molecule has 90 valence electrons. The van der Waals surface area contributed by atoms with Gasteiger partial charge in [-0.25, -0.2) is 0 Å². The number of rotatable bonds is 5. The molecule has 0 aromatic carbocycles. The van der Waals surface area contributed by atoms with Gasteiger partial charge >= 0.3 is 5.97 Å². The van der Waals surface area contributed by atoms with E-state index in [9.17, 15) is 4.79 Å². The van der Waals surface area contributed by atoms with Gasteiger partial charge < -0.3 is 9.84 Å². The van der Waals surface area contributed by atoms with E-state index >= 15 is 0 Å². The van der Waals surface area contributed by atoms with Gasteiger partial charge in [0.25, 0.3) is 0 Å². The van der Waals surface area contributed by atoms with Crippen LogP contribution in [-0.2, 0) is 22.5 Å². The number of carbonyl (C=O) groups is 1. The Hall–Kier alpha value is -1.36. The highest BCUT2D eigenvalue weighted by Crippen LogP contribution is 2.13. The number of nitrogens with zero attached hydrogens (tertiary/aromatic N) is 2. The van der Waals surface area contributed by atoms with Crippen LogP contribution in [0.1, 0.15) is 23.9 Å². The lowest BCUT2D eigenvalue weighted by Crippen LogP contribution is -2.15. The van der Waals surface area contributed by atoms with Crippen LogP contribution in [0.3, 0.4) is 0 Å². The van der Waals surface area contributed by atoms with Gasteiger partial charge in [-0.15, -0.1) is 0 Å². The molecule has 1 aromatic heterocycles. The molecule has 5 heteroatoms. The summed E-state index contributed by atoms with van der Waals surface area (Å²) in [6.07, 6.45) is 0.570. The monoisotopic (exact) mass is 226 g/mol. The standard InChI is InChI=1S/C11H18N2O3/c1-4-16-11(15)7-13-9(3)10(5-6-14)8(2)12-13/h14H,4-7H2,1-3H3. The SMILES string of the molecule is CCOC(=O)Cn1nc(C)c(CCO)c1C. The lowest BCUT2D eigenvalue weighted by molar-refractivity contribution is -0.144. The van der Waals surface area contributed by atoms with Crippen LogP contribution in [0.25, 0.3) is 0 Å². The van der Waals surface area contributed by atoms with Crippen LogP contribution >= 0.6 is 0 Å². The second-order valence-electron chi connectivity index (χ2n) is 3.59. The van der Waals surface area contributed by atoms with E-state index in [1.807, 2.05) is 13.8 Å². The van der Waals surface area contributed by atoms with Gasteiger partial charge in [-0.3, -0.25) is 9.48 Å². The van der Waals surface area contributed by atoms with E-state index in [1.165, 1.54) is 0 Å². The summed E-state index contributed by atoms with van der Waals surface area (Å²) in [6, 6.07) is 0. The van der Waals surface area contributed by atoms with Crippen molar-refractivity contribution in [2.75, 3.05) is 13.2 Å². The Morgan fingerprint density at radius 2 is 2.19 bits per heavy atom. The first-order chi connectivity index (χ1) is 7.60. The molecule has 0 saturated heterocycles. The van der Waals surface area contributed by atoms with Gasteiger partial charge in [0.2, 0.25) is 0 Å². The fourth-order valence-corrected chi connectivity index (χ4v) is 1.69. The Morgan fingerprint density at radius 1 is 1.50 bits per heavy atom. The number of aryl methyl sites for hydroxylation is 1. The van der Waals surface area contributed by atoms with E-state index in [0.29, 0.717) is 13.0 Å². The minimum absolute atomic E-state index is 0.0901. The molecular weight excluding hydrogens is 208 g/mol. The largest absolute Gasteiger partial charge is 0.465 e. The molecule has 0 atom stereocenters. The lowest BCUT2D eigenvalue weighted by atomic mass is 10.1. The van der Waals surface area contributed by atoms with Crippen LogP contribution in [0.15, 0.2) is 0 Å². The number of hydrogen-bond acceptors (Lipinski definition) is 4. The highest BCUT2D eigenvalue weighted by Gasteiger charge is 2.13. The van der Waals surface area contributed by atoms with E-state index in [-0.39, 0.29) is 19.1 Å². The maximum absolute atomic E-state index is 11.3. The third-order valence-electron chi connectivity index (χ3n) is 2.48. The average molecular weight is 226 g/mol. The molecule has 0 fully saturated rings. The maximum atomic E-state index is 11.3. The molecule has 0 spiro atoms. The summed E-state index contributed by atoms with van der Waals surface area (Å²) in [6.45, 7) is 6.14. The molecule has 16 heavy (non-hydrogen) atoms. The second-order valence-corrected chi connectivity index (χ2v) is 3.59. The quantitative estimate of drug-likeness (QED) is 0.747. The number of aliphatic hydroxyl groups is 1. The van der Waals surface area contributed by atoms with Crippen LogP contribution < -0.4 is 0 Å². The molecule has 0 aliphatic carbocycles. The Labute approximate surface area is 95.0 Å². The molecule has 0 aliphatic rings. The van der Waals surface area contributed by atoms with E-state index in [4.69, 9.17) is 9.84 Å². The molecule has 1 heterocycles. The Morgan fingerprint density at radius 3 is 2.75 bits per heavy atom. The summed E-state index contributed by atoms with van der Waals surface area (Å²) >= 11 is 0. The van der Waals surface area contributed by atoms with Crippen molar-refractivity contribution in [2.24, 2.45) is 0 Å². The van der Waals surface area contributed by atoms with Gasteiger partial charge in [0.05, 0.1) is 12.3 Å². The summed E-state index contributed by atoms with van der Waals surface area (Å²) in [4.78, 5) is 11.3. The first-order valence-corrected chi connectivity index (χ1v) is 5.39. The molecule has 0 radical (unpaired) electrons. The van der Waals surface area contributed by atoms with Crippen molar-refractivity contribution in [1.82, 2.24) is 9.78 Å². The highest BCUT2D eigenvalue weighted by molar-refractivity contribution is 5.69. The molecule has 5 nitrogen and oxygen atoms in total. The number of carbonyl (C=O) groups excluding carboxylic acids is 1. The van der Waals surface area contributed by atoms with Gasteiger partial charge in [0.1, 0.15) is 6.54 Å².